The maximum atomic E-state index is 13.4. The van der Waals surface area contributed by atoms with E-state index in [0.717, 1.165) is 24.2 Å². The first kappa shape index (κ1) is 18.8. The number of methoxy groups -OCH3 is 3. The van der Waals surface area contributed by atoms with Crippen molar-refractivity contribution in [3.8, 4) is 17.2 Å². The second-order valence-electron chi connectivity index (χ2n) is 5.81. The van der Waals surface area contributed by atoms with Gasteiger partial charge >= 0.3 is 0 Å². The molecule has 0 bridgehead atoms. The van der Waals surface area contributed by atoms with Crippen LogP contribution >= 0.6 is 15.9 Å². The van der Waals surface area contributed by atoms with Crippen molar-refractivity contribution in [1.82, 2.24) is 0 Å². The summed E-state index contributed by atoms with van der Waals surface area (Å²) in [5.74, 6) is 1.54. The largest absolute Gasteiger partial charge is 0.497 e. The van der Waals surface area contributed by atoms with Gasteiger partial charge in [-0.25, -0.2) is 8.42 Å². The van der Waals surface area contributed by atoms with E-state index in [4.69, 9.17) is 14.2 Å². The van der Waals surface area contributed by atoms with Crippen molar-refractivity contribution in [2.75, 3.05) is 32.2 Å². The summed E-state index contributed by atoms with van der Waals surface area (Å²) in [6.45, 7) is 0.419. The van der Waals surface area contributed by atoms with Gasteiger partial charge in [0.1, 0.15) is 10.6 Å². The summed E-state index contributed by atoms with van der Waals surface area (Å²) in [7, 11) is 0.807. The average molecular weight is 442 g/mol. The normalized spacial score (nSPS) is 13.9. The zero-order valence-electron chi connectivity index (χ0n) is 14.8. The van der Waals surface area contributed by atoms with Crippen LogP contribution in [0, 0.1) is 0 Å². The number of benzene rings is 2. The minimum absolute atomic E-state index is 0.138. The second kappa shape index (κ2) is 7.36. The van der Waals surface area contributed by atoms with Gasteiger partial charge in [0.25, 0.3) is 10.0 Å². The zero-order chi connectivity index (χ0) is 18.9. The topological polar surface area (TPSA) is 65.1 Å². The van der Waals surface area contributed by atoms with E-state index in [0.29, 0.717) is 28.2 Å². The molecule has 0 amide bonds. The molecule has 1 aliphatic rings. The monoisotopic (exact) mass is 441 g/mol. The standard InChI is InChI=1S/C18H20BrNO5S/c1-23-13-6-7-15-12(9-13)5-4-8-20(15)26(21,22)18-11-17(25-3)16(24-2)10-14(18)19/h6-7,9-11H,4-5,8H2,1-3H3. The van der Waals surface area contributed by atoms with Crippen molar-refractivity contribution in [3.05, 3.63) is 40.4 Å². The molecule has 140 valence electrons. The van der Waals surface area contributed by atoms with Gasteiger partial charge < -0.3 is 14.2 Å². The van der Waals surface area contributed by atoms with E-state index in [1.54, 1.807) is 25.3 Å². The zero-order valence-corrected chi connectivity index (χ0v) is 17.2. The number of fused-ring (bicyclic) bond motifs is 1. The van der Waals surface area contributed by atoms with E-state index in [-0.39, 0.29) is 4.90 Å². The third-order valence-corrected chi connectivity index (χ3v) is 7.14. The smallest absolute Gasteiger partial charge is 0.265 e. The number of aryl methyl sites for hydroxylation is 1. The average Bonchev–Trinajstić information content (AvgIpc) is 2.66. The maximum absolute atomic E-state index is 13.4. The highest BCUT2D eigenvalue weighted by Crippen LogP contribution is 2.40. The van der Waals surface area contributed by atoms with Gasteiger partial charge in [-0.1, -0.05) is 0 Å². The number of hydrogen-bond acceptors (Lipinski definition) is 5. The molecule has 0 aromatic heterocycles. The van der Waals surface area contributed by atoms with Gasteiger partial charge in [-0.3, -0.25) is 4.31 Å². The first-order chi connectivity index (χ1) is 12.4. The molecule has 3 rings (SSSR count). The molecule has 0 aliphatic carbocycles. The maximum Gasteiger partial charge on any atom is 0.265 e. The van der Waals surface area contributed by atoms with Crippen LogP contribution in [0.25, 0.3) is 0 Å². The van der Waals surface area contributed by atoms with Crippen LogP contribution in [0.1, 0.15) is 12.0 Å². The number of hydrogen-bond donors (Lipinski definition) is 0. The van der Waals surface area contributed by atoms with Crippen molar-refractivity contribution >= 4 is 31.6 Å². The van der Waals surface area contributed by atoms with E-state index in [9.17, 15) is 8.42 Å². The Morgan fingerprint density at radius 3 is 2.35 bits per heavy atom. The highest BCUT2D eigenvalue weighted by Gasteiger charge is 2.32. The predicted molar refractivity (Wildman–Crippen MR) is 103 cm³/mol. The summed E-state index contributed by atoms with van der Waals surface area (Å²) >= 11 is 3.36. The molecule has 0 radical (unpaired) electrons. The van der Waals surface area contributed by atoms with E-state index < -0.39 is 10.0 Å². The fourth-order valence-electron chi connectivity index (χ4n) is 3.07. The molecule has 8 heteroatoms. The van der Waals surface area contributed by atoms with Crippen LogP contribution in [0.5, 0.6) is 17.2 Å². The van der Waals surface area contributed by atoms with E-state index >= 15 is 0 Å². The van der Waals surface area contributed by atoms with Crippen LogP contribution in [0.15, 0.2) is 39.7 Å². The molecule has 0 atom stereocenters. The van der Waals surface area contributed by atoms with E-state index in [1.165, 1.54) is 24.6 Å². The molecule has 0 saturated heterocycles. The summed E-state index contributed by atoms with van der Waals surface area (Å²) in [6, 6.07) is 8.54. The molecular weight excluding hydrogens is 422 g/mol. The minimum Gasteiger partial charge on any atom is -0.497 e. The lowest BCUT2D eigenvalue weighted by atomic mass is 10.0. The molecule has 6 nitrogen and oxygen atoms in total. The Hall–Kier alpha value is -1.93. The van der Waals surface area contributed by atoms with Crippen molar-refractivity contribution in [2.24, 2.45) is 0 Å². The van der Waals surface area contributed by atoms with Crippen molar-refractivity contribution in [2.45, 2.75) is 17.7 Å². The molecule has 0 saturated carbocycles. The lowest BCUT2D eigenvalue weighted by molar-refractivity contribution is 0.353. The molecular formula is C18H20BrNO5S. The Kier molecular flexibility index (Phi) is 5.34. The summed E-state index contributed by atoms with van der Waals surface area (Å²) in [4.78, 5) is 0.138. The Balaban J connectivity index is 2.11. The molecule has 1 aliphatic heterocycles. The van der Waals surface area contributed by atoms with E-state index in [2.05, 4.69) is 15.9 Å². The first-order valence-corrected chi connectivity index (χ1v) is 10.3. The van der Waals surface area contributed by atoms with Gasteiger partial charge in [0.15, 0.2) is 11.5 Å². The molecule has 0 spiro atoms. The molecule has 0 N–H and O–H groups in total. The van der Waals surface area contributed by atoms with Crippen molar-refractivity contribution in [1.29, 1.82) is 0 Å². The quantitative estimate of drug-likeness (QED) is 0.708. The predicted octanol–water partition coefficient (Wildman–Crippen LogP) is 3.62. The number of ether oxygens (including phenoxy) is 3. The second-order valence-corrected chi connectivity index (χ2v) is 8.50. The Morgan fingerprint density at radius 2 is 1.69 bits per heavy atom. The fourth-order valence-corrected chi connectivity index (χ4v) is 5.61. The van der Waals surface area contributed by atoms with Crippen LogP contribution in [-0.4, -0.2) is 36.3 Å². The van der Waals surface area contributed by atoms with Gasteiger partial charge in [0.05, 0.1) is 27.0 Å². The van der Waals surface area contributed by atoms with Gasteiger partial charge in [-0.2, -0.15) is 0 Å². The Labute approximate surface area is 161 Å². The lowest BCUT2D eigenvalue weighted by Crippen LogP contribution is -2.35. The van der Waals surface area contributed by atoms with Gasteiger partial charge in [-0.15, -0.1) is 0 Å². The Bertz CT molecular complexity index is 929. The molecule has 26 heavy (non-hydrogen) atoms. The molecule has 2 aromatic carbocycles. The SMILES string of the molecule is COc1ccc2c(c1)CCCN2S(=O)(=O)c1cc(OC)c(OC)cc1Br. The highest BCUT2D eigenvalue weighted by molar-refractivity contribution is 9.10. The van der Waals surface area contributed by atoms with Crippen molar-refractivity contribution < 1.29 is 22.6 Å². The van der Waals surface area contributed by atoms with Crippen LogP contribution in [0.2, 0.25) is 0 Å². The van der Waals surface area contributed by atoms with Gasteiger partial charge in [0.2, 0.25) is 0 Å². The summed E-state index contributed by atoms with van der Waals surface area (Å²) in [5.41, 5.74) is 1.63. The van der Waals surface area contributed by atoms with Gasteiger partial charge in [0, 0.05) is 17.1 Å². The molecule has 2 aromatic rings. The highest BCUT2D eigenvalue weighted by atomic mass is 79.9. The number of anilines is 1. The first-order valence-electron chi connectivity index (χ1n) is 8.03. The number of halogens is 1. The summed E-state index contributed by atoms with van der Waals surface area (Å²) in [5, 5.41) is 0. The molecule has 0 fully saturated rings. The third kappa shape index (κ3) is 3.23. The number of nitrogens with zero attached hydrogens (tertiary/aromatic N) is 1. The summed E-state index contributed by atoms with van der Waals surface area (Å²) in [6.07, 6.45) is 1.55. The lowest BCUT2D eigenvalue weighted by Gasteiger charge is -2.31. The van der Waals surface area contributed by atoms with Crippen LogP contribution in [-0.2, 0) is 16.4 Å². The molecule has 1 heterocycles. The van der Waals surface area contributed by atoms with E-state index in [1.807, 2.05) is 6.07 Å². The summed E-state index contributed by atoms with van der Waals surface area (Å²) < 4.78 is 44.3. The van der Waals surface area contributed by atoms with Crippen LogP contribution in [0.3, 0.4) is 0 Å². The number of rotatable bonds is 5. The van der Waals surface area contributed by atoms with Crippen LogP contribution < -0.4 is 18.5 Å². The van der Waals surface area contributed by atoms with Crippen LogP contribution in [0.4, 0.5) is 5.69 Å². The minimum atomic E-state index is -3.77. The third-order valence-electron chi connectivity index (χ3n) is 4.37. The Morgan fingerprint density at radius 1 is 1.00 bits per heavy atom. The van der Waals surface area contributed by atoms with Crippen molar-refractivity contribution in [3.63, 3.8) is 0 Å². The van der Waals surface area contributed by atoms with Gasteiger partial charge in [-0.05, 0) is 58.6 Å². The number of sulfonamides is 1. The fraction of sp³-hybridized carbons (Fsp3) is 0.333. The molecule has 0 unspecified atom stereocenters.